The predicted molar refractivity (Wildman–Crippen MR) is 129 cm³/mol. The first-order valence-electron chi connectivity index (χ1n) is 9.59. The summed E-state index contributed by atoms with van der Waals surface area (Å²) in [6, 6.07) is 21.4. The highest BCUT2D eigenvalue weighted by molar-refractivity contribution is 9.10. The molecule has 0 fully saturated rings. The van der Waals surface area contributed by atoms with Gasteiger partial charge in [-0.05, 0) is 76.9 Å². The molecule has 0 aliphatic carbocycles. The lowest BCUT2D eigenvalue weighted by Crippen LogP contribution is -2.34. The van der Waals surface area contributed by atoms with E-state index >= 15 is 0 Å². The third kappa shape index (κ3) is 5.90. The molecule has 0 atom stereocenters. The van der Waals surface area contributed by atoms with Crippen molar-refractivity contribution in [1.82, 2.24) is 5.32 Å². The standard InChI is InChI=1S/C24H23BrN2O2S/c1-16-7-6-8-17(2)22(16)26-24(30)27-23(28)19-11-12-21(20(25)15-19)29-14-13-18-9-4-3-5-10-18/h3-12,15H,13-14H2,1-2H3,(H2,26,27,28,30). The van der Waals surface area contributed by atoms with Gasteiger partial charge in [-0.3, -0.25) is 10.1 Å². The van der Waals surface area contributed by atoms with Gasteiger partial charge < -0.3 is 10.1 Å². The normalized spacial score (nSPS) is 10.4. The fraction of sp³-hybridized carbons (Fsp3) is 0.167. The Labute approximate surface area is 190 Å². The van der Waals surface area contributed by atoms with Crippen LogP contribution in [0, 0.1) is 13.8 Å². The van der Waals surface area contributed by atoms with E-state index in [-0.39, 0.29) is 11.0 Å². The Morgan fingerprint density at radius 1 is 1.00 bits per heavy atom. The van der Waals surface area contributed by atoms with Crippen LogP contribution in [0.4, 0.5) is 5.69 Å². The number of nitrogens with one attached hydrogen (secondary N) is 2. The number of ether oxygens (including phenoxy) is 1. The van der Waals surface area contributed by atoms with E-state index < -0.39 is 0 Å². The molecule has 0 saturated heterocycles. The summed E-state index contributed by atoms with van der Waals surface area (Å²) < 4.78 is 6.56. The van der Waals surface area contributed by atoms with E-state index in [1.54, 1.807) is 18.2 Å². The van der Waals surface area contributed by atoms with Crippen LogP contribution in [-0.2, 0) is 6.42 Å². The maximum atomic E-state index is 12.6. The summed E-state index contributed by atoms with van der Waals surface area (Å²) in [7, 11) is 0. The first-order chi connectivity index (χ1) is 14.4. The van der Waals surface area contributed by atoms with Crippen molar-refractivity contribution >= 4 is 44.9 Å². The van der Waals surface area contributed by atoms with Gasteiger partial charge in [0.1, 0.15) is 5.75 Å². The van der Waals surface area contributed by atoms with Crippen molar-refractivity contribution in [2.45, 2.75) is 20.3 Å². The number of hydrogen-bond donors (Lipinski definition) is 2. The zero-order chi connectivity index (χ0) is 21.5. The Morgan fingerprint density at radius 3 is 2.37 bits per heavy atom. The monoisotopic (exact) mass is 482 g/mol. The highest BCUT2D eigenvalue weighted by atomic mass is 79.9. The summed E-state index contributed by atoms with van der Waals surface area (Å²) in [5, 5.41) is 6.10. The molecule has 0 bridgehead atoms. The van der Waals surface area contributed by atoms with Gasteiger partial charge in [-0.1, -0.05) is 48.5 Å². The second kappa shape index (κ2) is 10.4. The summed E-state index contributed by atoms with van der Waals surface area (Å²) in [5.41, 5.74) is 4.74. The van der Waals surface area contributed by atoms with Crippen molar-refractivity contribution in [3.05, 3.63) is 93.5 Å². The smallest absolute Gasteiger partial charge is 0.257 e. The highest BCUT2D eigenvalue weighted by Gasteiger charge is 2.12. The van der Waals surface area contributed by atoms with Crippen LogP contribution in [0.2, 0.25) is 0 Å². The number of carbonyl (C=O) groups is 1. The topological polar surface area (TPSA) is 50.4 Å². The number of thiocarbonyl (C=S) groups is 1. The lowest BCUT2D eigenvalue weighted by Gasteiger charge is -2.14. The van der Waals surface area contributed by atoms with Crippen molar-refractivity contribution in [3.8, 4) is 5.75 Å². The molecule has 0 unspecified atom stereocenters. The molecule has 0 spiro atoms. The van der Waals surface area contributed by atoms with Crippen LogP contribution in [0.25, 0.3) is 0 Å². The van der Waals surface area contributed by atoms with Crippen LogP contribution < -0.4 is 15.4 Å². The third-order valence-corrected chi connectivity index (χ3v) is 5.46. The number of halogens is 1. The lowest BCUT2D eigenvalue weighted by atomic mass is 10.1. The number of rotatable bonds is 6. The van der Waals surface area contributed by atoms with Gasteiger partial charge >= 0.3 is 0 Å². The maximum Gasteiger partial charge on any atom is 0.257 e. The fourth-order valence-electron chi connectivity index (χ4n) is 3.01. The summed E-state index contributed by atoms with van der Waals surface area (Å²) >= 11 is 8.80. The Balaban J connectivity index is 1.57. The lowest BCUT2D eigenvalue weighted by molar-refractivity contribution is 0.0977. The van der Waals surface area contributed by atoms with E-state index in [0.29, 0.717) is 17.9 Å². The number of hydrogen-bond acceptors (Lipinski definition) is 3. The molecule has 0 radical (unpaired) electrons. The summed E-state index contributed by atoms with van der Waals surface area (Å²) in [6.07, 6.45) is 0.813. The molecule has 0 aliphatic heterocycles. The van der Waals surface area contributed by atoms with Crippen LogP contribution in [0.15, 0.2) is 71.2 Å². The first-order valence-corrected chi connectivity index (χ1v) is 10.8. The summed E-state index contributed by atoms with van der Waals surface area (Å²) in [6.45, 7) is 4.54. The Kier molecular flexibility index (Phi) is 7.60. The molecule has 0 heterocycles. The molecule has 2 N–H and O–H groups in total. The molecule has 0 aliphatic rings. The van der Waals surface area contributed by atoms with Gasteiger partial charge in [0.25, 0.3) is 5.91 Å². The van der Waals surface area contributed by atoms with E-state index in [2.05, 4.69) is 38.7 Å². The third-order valence-electron chi connectivity index (χ3n) is 4.63. The minimum Gasteiger partial charge on any atom is -0.492 e. The largest absolute Gasteiger partial charge is 0.492 e. The average molecular weight is 483 g/mol. The quantitative estimate of drug-likeness (QED) is 0.435. The number of aryl methyl sites for hydroxylation is 2. The summed E-state index contributed by atoms with van der Waals surface area (Å²) in [5.74, 6) is 0.411. The second-order valence-corrected chi connectivity index (χ2v) is 8.17. The molecule has 4 nitrogen and oxygen atoms in total. The van der Waals surface area contributed by atoms with E-state index in [1.807, 2.05) is 50.2 Å². The zero-order valence-electron chi connectivity index (χ0n) is 16.9. The molecular weight excluding hydrogens is 460 g/mol. The number of anilines is 1. The average Bonchev–Trinajstić information content (AvgIpc) is 2.72. The molecule has 30 heavy (non-hydrogen) atoms. The predicted octanol–water partition coefficient (Wildman–Crippen LogP) is 5.81. The first kappa shape index (κ1) is 22.0. The molecule has 6 heteroatoms. The zero-order valence-corrected chi connectivity index (χ0v) is 19.3. The fourth-order valence-corrected chi connectivity index (χ4v) is 3.70. The van der Waals surface area contributed by atoms with Gasteiger partial charge in [-0.15, -0.1) is 0 Å². The van der Waals surface area contributed by atoms with Crippen molar-refractivity contribution in [2.24, 2.45) is 0 Å². The SMILES string of the molecule is Cc1cccc(C)c1NC(=S)NC(=O)c1ccc(OCCc2ccccc2)c(Br)c1. The van der Waals surface area contributed by atoms with Gasteiger partial charge in [0.15, 0.2) is 5.11 Å². The number of para-hydroxylation sites is 1. The molecule has 3 aromatic carbocycles. The number of amides is 1. The molecule has 0 saturated carbocycles. The van der Waals surface area contributed by atoms with Crippen LogP contribution in [0.3, 0.4) is 0 Å². The van der Waals surface area contributed by atoms with Crippen molar-refractivity contribution in [3.63, 3.8) is 0 Å². The van der Waals surface area contributed by atoms with Crippen molar-refractivity contribution in [1.29, 1.82) is 0 Å². The Hall–Kier alpha value is -2.70. The van der Waals surface area contributed by atoms with Gasteiger partial charge in [0, 0.05) is 17.7 Å². The Morgan fingerprint density at radius 2 is 1.70 bits per heavy atom. The minimum atomic E-state index is -0.282. The molecule has 3 rings (SSSR count). The van der Waals surface area contributed by atoms with Crippen LogP contribution in [-0.4, -0.2) is 17.6 Å². The van der Waals surface area contributed by atoms with E-state index in [0.717, 1.165) is 27.7 Å². The Bertz CT molecular complexity index is 1030. The number of carbonyl (C=O) groups excluding carboxylic acids is 1. The van der Waals surface area contributed by atoms with Crippen LogP contribution >= 0.6 is 28.1 Å². The van der Waals surface area contributed by atoms with E-state index in [9.17, 15) is 4.79 Å². The van der Waals surface area contributed by atoms with Gasteiger partial charge in [-0.25, -0.2) is 0 Å². The van der Waals surface area contributed by atoms with E-state index in [1.165, 1.54) is 5.56 Å². The highest BCUT2D eigenvalue weighted by Crippen LogP contribution is 2.26. The van der Waals surface area contributed by atoms with Crippen molar-refractivity contribution < 1.29 is 9.53 Å². The molecular formula is C24H23BrN2O2S. The van der Waals surface area contributed by atoms with Gasteiger partial charge in [0.2, 0.25) is 0 Å². The van der Waals surface area contributed by atoms with Crippen LogP contribution in [0.5, 0.6) is 5.75 Å². The summed E-state index contributed by atoms with van der Waals surface area (Å²) in [4.78, 5) is 12.6. The van der Waals surface area contributed by atoms with Crippen molar-refractivity contribution in [2.75, 3.05) is 11.9 Å². The van der Waals surface area contributed by atoms with Crippen LogP contribution in [0.1, 0.15) is 27.0 Å². The number of benzene rings is 3. The minimum absolute atomic E-state index is 0.261. The molecule has 154 valence electrons. The molecule has 1 amide bonds. The van der Waals surface area contributed by atoms with Gasteiger partial charge in [-0.2, -0.15) is 0 Å². The maximum absolute atomic E-state index is 12.6. The second-order valence-electron chi connectivity index (χ2n) is 6.90. The van der Waals surface area contributed by atoms with Gasteiger partial charge in [0.05, 0.1) is 11.1 Å². The molecule has 0 aromatic heterocycles. The molecule has 3 aromatic rings. The van der Waals surface area contributed by atoms with E-state index in [4.69, 9.17) is 17.0 Å².